The van der Waals surface area contributed by atoms with Crippen molar-refractivity contribution in [1.29, 1.82) is 0 Å². The maximum Gasteiger partial charge on any atom is 0.00923 e. The standard InChI is InChI=1S/C24H41I/c1-4-7-10-13-14-17-19-23(18-15-11-8-5-2)21-24(22-25)20-16-12-9-6-3/h21-22H,4-16,18,20H2,1-3H3. The second-order valence-corrected chi connectivity index (χ2v) is 7.71. The lowest BCUT2D eigenvalue weighted by molar-refractivity contribution is 0.664. The minimum absolute atomic E-state index is 1.06. The molecule has 144 valence electrons. The lowest BCUT2D eigenvalue weighted by Crippen LogP contribution is -1.87. The van der Waals surface area contributed by atoms with Gasteiger partial charge >= 0.3 is 0 Å². The first kappa shape index (κ1) is 24.8. The van der Waals surface area contributed by atoms with Crippen LogP contribution in [0.15, 0.2) is 21.3 Å². The third-order valence-electron chi connectivity index (χ3n) is 4.52. The van der Waals surface area contributed by atoms with Crippen LogP contribution in [0.3, 0.4) is 0 Å². The normalized spacial score (nSPS) is 12.2. The molecule has 0 nitrogen and oxygen atoms in total. The Bertz CT molecular complexity index is 406. The highest BCUT2D eigenvalue weighted by Gasteiger charge is 1.99. The van der Waals surface area contributed by atoms with Crippen LogP contribution in [0, 0.1) is 11.8 Å². The summed E-state index contributed by atoms with van der Waals surface area (Å²) in [5.74, 6) is 6.95. The van der Waals surface area contributed by atoms with E-state index in [2.05, 4.69) is 65.4 Å². The van der Waals surface area contributed by atoms with Crippen LogP contribution < -0.4 is 0 Å². The molecule has 0 rings (SSSR count). The van der Waals surface area contributed by atoms with Crippen LogP contribution in [0.1, 0.15) is 117 Å². The highest BCUT2D eigenvalue weighted by molar-refractivity contribution is 14.1. The molecule has 0 unspecified atom stereocenters. The van der Waals surface area contributed by atoms with Gasteiger partial charge in [0.05, 0.1) is 0 Å². The van der Waals surface area contributed by atoms with Gasteiger partial charge in [0, 0.05) is 12.0 Å². The highest BCUT2D eigenvalue weighted by atomic mass is 127. The molecule has 0 saturated carbocycles. The molecule has 0 aliphatic heterocycles. The molecular formula is C24H41I. The largest absolute Gasteiger partial charge is 0.0982 e. The average molecular weight is 456 g/mol. The zero-order valence-corrected chi connectivity index (χ0v) is 19.3. The molecule has 1 heteroatoms. The van der Waals surface area contributed by atoms with Gasteiger partial charge in [-0.3, -0.25) is 0 Å². The minimum Gasteiger partial charge on any atom is -0.0982 e. The van der Waals surface area contributed by atoms with Crippen molar-refractivity contribution in [2.75, 3.05) is 0 Å². The number of allylic oxidation sites excluding steroid dienone is 3. The van der Waals surface area contributed by atoms with E-state index < -0.39 is 0 Å². The summed E-state index contributed by atoms with van der Waals surface area (Å²) in [6.45, 7) is 6.82. The topological polar surface area (TPSA) is 0 Å². The molecule has 0 aromatic rings. The predicted octanol–water partition coefficient (Wildman–Crippen LogP) is 9.15. The van der Waals surface area contributed by atoms with Crippen molar-refractivity contribution in [3.05, 3.63) is 21.3 Å². The van der Waals surface area contributed by atoms with Crippen LogP contribution in [0.5, 0.6) is 0 Å². The molecule has 0 aliphatic carbocycles. The Hall–Kier alpha value is -0.230. The summed E-state index contributed by atoms with van der Waals surface area (Å²) in [7, 11) is 0. The zero-order valence-electron chi connectivity index (χ0n) is 17.1. The maximum absolute atomic E-state index is 3.51. The van der Waals surface area contributed by atoms with Crippen LogP contribution in [0.4, 0.5) is 0 Å². The van der Waals surface area contributed by atoms with E-state index in [-0.39, 0.29) is 0 Å². The lowest BCUT2D eigenvalue weighted by Gasteiger charge is -2.05. The summed E-state index contributed by atoms with van der Waals surface area (Å²) in [4.78, 5) is 0. The van der Waals surface area contributed by atoms with Gasteiger partial charge in [-0.15, -0.1) is 0 Å². The number of unbranched alkanes of at least 4 members (excludes halogenated alkanes) is 10. The van der Waals surface area contributed by atoms with Gasteiger partial charge in [-0.1, -0.05) is 113 Å². The van der Waals surface area contributed by atoms with Crippen LogP contribution in [-0.4, -0.2) is 0 Å². The van der Waals surface area contributed by atoms with Crippen molar-refractivity contribution >= 4 is 22.6 Å². The van der Waals surface area contributed by atoms with Crippen molar-refractivity contribution in [2.45, 2.75) is 117 Å². The van der Waals surface area contributed by atoms with Crippen molar-refractivity contribution < 1.29 is 0 Å². The Morgan fingerprint density at radius 3 is 1.84 bits per heavy atom. The molecule has 0 atom stereocenters. The first-order chi connectivity index (χ1) is 12.3. The van der Waals surface area contributed by atoms with Gasteiger partial charge < -0.3 is 0 Å². The van der Waals surface area contributed by atoms with Crippen LogP contribution in [0.2, 0.25) is 0 Å². The summed E-state index contributed by atoms with van der Waals surface area (Å²) in [5.41, 5.74) is 2.84. The molecule has 0 aliphatic rings. The second kappa shape index (κ2) is 20.1. The average Bonchev–Trinajstić information content (AvgIpc) is 2.63. The van der Waals surface area contributed by atoms with E-state index in [4.69, 9.17) is 0 Å². The van der Waals surface area contributed by atoms with E-state index in [1.54, 1.807) is 0 Å². The summed E-state index contributed by atoms with van der Waals surface area (Å²) in [6, 6.07) is 0. The van der Waals surface area contributed by atoms with Crippen LogP contribution >= 0.6 is 22.6 Å². The highest BCUT2D eigenvalue weighted by Crippen LogP contribution is 2.18. The summed E-state index contributed by atoms with van der Waals surface area (Å²) >= 11 is 2.40. The molecule has 0 bridgehead atoms. The van der Waals surface area contributed by atoms with Crippen molar-refractivity contribution in [3.63, 3.8) is 0 Å². The molecular weight excluding hydrogens is 415 g/mol. The van der Waals surface area contributed by atoms with Crippen molar-refractivity contribution in [1.82, 2.24) is 0 Å². The Morgan fingerprint density at radius 1 is 0.720 bits per heavy atom. The second-order valence-electron chi connectivity index (χ2n) is 7.09. The molecule has 25 heavy (non-hydrogen) atoms. The van der Waals surface area contributed by atoms with Gasteiger partial charge in [0.15, 0.2) is 0 Å². The fourth-order valence-corrected chi connectivity index (χ4v) is 3.36. The van der Waals surface area contributed by atoms with Gasteiger partial charge in [0.2, 0.25) is 0 Å². The monoisotopic (exact) mass is 456 g/mol. The fraction of sp³-hybridized carbons (Fsp3) is 0.750. The number of halogens is 1. The van der Waals surface area contributed by atoms with E-state index in [0.29, 0.717) is 0 Å². The van der Waals surface area contributed by atoms with Gasteiger partial charge in [0.1, 0.15) is 0 Å². The van der Waals surface area contributed by atoms with E-state index in [1.165, 1.54) is 94.6 Å². The van der Waals surface area contributed by atoms with Crippen molar-refractivity contribution in [2.24, 2.45) is 0 Å². The van der Waals surface area contributed by atoms with Gasteiger partial charge in [-0.25, -0.2) is 0 Å². The smallest absolute Gasteiger partial charge is 0.00923 e. The molecule has 0 heterocycles. The Morgan fingerprint density at radius 2 is 1.28 bits per heavy atom. The lowest BCUT2D eigenvalue weighted by atomic mass is 10.0. The molecule has 0 N–H and O–H groups in total. The minimum atomic E-state index is 1.06. The number of hydrogen-bond acceptors (Lipinski definition) is 0. The van der Waals surface area contributed by atoms with E-state index in [0.717, 1.165) is 12.8 Å². The molecule has 0 aromatic heterocycles. The van der Waals surface area contributed by atoms with E-state index in [1.807, 2.05) is 0 Å². The molecule has 0 amide bonds. The number of rotatable bonds is 15. The molecule has 0 aromatic carbocycles. The van der Waals surface area contributed by atoms with Gasteiger partial charge in [-0.2, -0.15) is 0 Å². The van der Waals surface area contributed by atoms with Gasteiger partial charge in [0.25, 0.3) is 0 Å². The third kappa shape index (κ3) is 17.0. The summed E-state index contributed by atoms with van der Waals surface area (Å²) < 4.78 is 2.26. The Balaban J connectivity index is 4.58. The van der Waals surface area contributed by atoms with Crippen LogP contribution in [0.25, 0.3) is 0 Å². The number of hydrogen-bond donors (Lipinski definition) is 0. The SMILES string of the molecule is CCCCCCC#CC(=CC(=CI)CCCCCC)CCCCCC. The zero-order chi connectivity index (χ0) is 18.6. The molecule has 0 spiro atoms. The van der Waals surface area contributed by atoms with E-state index in [9.17, 15) is 0 Å². The van der Waals surface area contributed by atoms with Gasteiger partial charge in [-0.05, 0) is 47.8 Å². The summed E-state index contributed by atoms with van der Waals surface area (Å²) in [6.07, 6.45) is 21.7. The van der Waals surface area contributed by atoms with E-state index >= 15 is 0 Å². The Labute approximate surface area is 172 Å². The molecule has 0 saturated heterocycles. The van der Waals surface area contributed by atoms with Crippen LogP contribution in [-0.2, 0) is 0 Å². The fourth-order valence-electron chi connectivity index (χ4n) is 2.87. The first-order valence-electron chi connectivity index (χ1n) is 10.8. The predicted molar refractivity (Wildman–Crippen MR) is 124 cm³/mol. The Kier molecular flexibility index (Phi) is 19.9. The van der Waals surface area contributed by atoms with Crippen molar-refractivity contribution in [3.8, 4) is 11.8 Å². The first-order valence-corrected chi connectivity index (χ1v) is 12.0. The molecule has 0 radical (unpaired) electrons. The third-order valence-corrected chi connectivity index (χ3v) is 5.32. The molecule has 0 fully saturated rings. The quantitative estimate of drug-likeness (QED) is 0.0997. The maximum atomic E-state index is 3.51. The summed E-state index contributed by atoms with van der Waals surface area (Å²) in [5, 5.41) is 0.